The molecule has 3 aromatic carbocycles. The van der Waals surface area contributed by atoms with Crippen LogP contribution in [0.25, 0.3) is 0 Å². The largest absolute Gasteiger partial charge is 0.489 e. The number of allylic oxidation sites excluding steroid dienone is 1. The summed E-state index contributed by atoms with van der Waals surface area (Å²) in [5.74, 6) is -0.718. The summed E-state index contributed by atoms with van der Waals surface area (Å²) in [5, 5.41) is 26.4. The standard InChI is InChI=1S/C33H40N2O6/c1-3-10-27(33(39)35-30(23-40-2)32(38)26-13-8-5-9-14-26)20-31(37)34-28(21-36)19-24-15-17-29(18-16-24)41-22-25-11-6-4-7-12-25/h3-9,11-18,27-28,30,32,36,38H,1,10,19-23H2,2H3,(H,34,37)(H,35,39)/t27-,28-,30-,32-/m0/s1. The van der Waals surface area contributed by atoms with Crippen LogP contribution in [0.2, 0.25) is 0 Å². The van der Waals surface area contributed by atoms with Gasteiger partial charge in [0.05, 0.1) is 31.2 Å². The molecule has 0 aromatic heterocycles. The maximum Gasteiger partial charge on any atom is 0.224 e. The molecule has 0 heterocycles. The van der Waals surface area contributed by atoms with Crippen molar-refractivity contribution < 1.29 is 29.3 Å². The number of amides is 2. The summed E-state index contributed by atoms with van der Waals surface area (Å²) in [7, 11) is 1.49. The zero-order valence-corrected chi connectivity index (χ0v) is 23.4. The first-order valence-electron chi connectivity index (χ1n) is 13.7. The summed E-state index contributed by atoms with van der Waals surface area (Å²) in [5.41, 5.74) is 2.65. The highest BCUT2D eigenvalue weighted by Gasteiger charge is 2.28. The normalized spacial score (nSPS) is 13.8. The molecule has 2 amide bonds. The third kappa shape index (κ3) is 10.5. The number of hydrogen-bond donors (Lipinski definition) is 4. The van der Waals surface area contributed by atoms with Crippen LogP contribution in [0.3, 0.4) is 0 Å². The highest BCUT2D eigenvalue weighted by Crippen LogP contribution is 2.19. The van der Waals surface area contributed by atoms with Gasteiger partial charge in [-0.25, -0.2) is 0 Å². The molecule has 0 saturated heterocycles. The molecule has 4 N–H and O–H groups in total. The number of aliphatic hydroxyl groups excluding tert-OH is 2. The molecule has 0 aliphatic carbocycles. The fraction of sp³-hybridized carbons (Fsp3) is 0.333. The van der Waals surface area contributed by atoms with Crippen molar-refractivity contribution in [3.63, 3.8) is 0 Å². The Hall–Kier alpha value is -3.98. The zero-order chi connectivity index (χ0) is 29.5. The van der Waals surface area contributed by atoms with E-state index in [-0.39, 0.29) is 37.9 Å². The quantitative estimate of drug-likeness (QED) is 0.187. The molecule has 0 fully saturated rings. The topological polar surface area (TPSA) is 117 Å². The molecular formula is C33H40N2O6. The Morgan fingerprint density at radius 3 is 2.20 bits per heavy atom. The third-order valence-corrected chi connectivity index (χ3v) is 6.69. The predicted octanol–water partition coefficient (Wildman–Crippen LogP) is 3.73. The second kappa shape index (κ2) is 17.0. The molecule has 0 aliphatic heterocycles. The van der Waals surface area contributed by atoms with Crippen LogP contribution >= 0.6 is 0 Å². The molecule has 0 unspecified atom stereocenters. The van der Waals surface area contributed by atoms with Crippen molar-refractivity contribution in [3.8, 4) is 5.75 Å². The van der Waals surface area contributed by atoms with E-state index >= 15 is 0 Å². The molecule has 0 aliphatic rings. The Labute approximate surface area is 242 Å². The van der Waals surface area contributed by atoms with Crippen molar-refractivity contribution in [2.45, 2.75) is 44.1 Å². The van der Waals surface area contributed by atoms with E-state index in [1.165, 1.54) is 7.11 Å². The van der Waals surface area contributed by atoms with E-state index in [1.807, 2.05) is 60.7 Å². The van der Waals surface area contributed by atoms with Crippen molar-refractivity contribution in [3.05, 3.63) is 114 Å². The molecule has 3 aromatic rings. The number of rotatable bonds is 17. The van der Waals surface area contributed by atoms with E-state index in [9.17, 15) is 19.8 Å². The van der Waals surface area contributed by atoms with E-state index in [2.05, 4.69) is 17.2 Å². The minimum Gasteiger partial charge on any atom is -0.489 e. The van der Waals surface area contributed by atoms with Gasteiger partial charge in [0, 0.05) is 13.5 Å². The summed E-state index contributed by atoms with van der Waals surface area (Å²) >= 11 is 0. The van der Waals surface area contributed by atoms with Gasteiger partial charge in [-0.3, -0.25) is 9.59 Å². The maximum atomic E-state index is 13.1. The summed E-state index contributed by atoms with van der Waals surface area (Å²) in [6, 6.07) is 25.2. The fourth-order valence-electron chi connectivity index (χ4n) is 4.48. The molecule has 0 radical (unpaired) electrons. The van der Waals surface area contributed by atoms with Crippen LogP contribution in [0.15, 0.2) is 97.6 Å². The van der Waals surface area contributed by atoms with Gasteiger partial charge < -0.3 is 30.3 Å². The molecule has 8 heteroatoms. The number of carbonyl (C=O) groups is 2. The number of ether oxygens (including phenoxy) is 2. The van der Waals surface area contributed by atoms with Crippen LogP contribution in [-0.2, 0) is 27.4 Å². The summed E-state index contributed by atoms with van der Waals surface area (Å²) < 4.78 is 11.0. The van der Waals surface area contributed by atoms with E-state index in [0.717, 1.165) is 16.9 Å². The van der Waals surface area contributed by atoms with Crippen LogP contribution in [0.1, 0.15) is 35.6 Å². The monoisotopic (exact) mass is 560 g/mol. The van der Waals surface area contributed by atoms with E-state index < -0.39 is 24.1 Å². The van der Waals surface area contributed by atoms with Gasteiger partial charge in [-0.15, -0.1) is 6.58 Å². The number of hydrogen-bond acceptors (Lipinski definition) is 6. The van der Waals surface area contributed by atoms with Crippen molar-refractivity contribution in [2.24, 2.45) is 5.92 Å². The lowest BCUT2D eigenvalue weighted by Crippen LogP contribution is -2.46. The molecule has 41 heavy (non-hydrogen) atoms. The molecule has 3 rings (SSSR count). The SMILES string of the molecule is C=CC[C@@H](CC(=O)N[C@H](CO)Cc1ccc(OCc2ccccc2)cc1)C(=O)N[C@@H](COC)[C@@H](O)c1ccccc1. The zero-order valence-electron chi connectivity index (χ0n) is 23.4. The highest BCUT2D eigenvalue weighted by atomic mass is 16.5. The average molecular weight is 561 g/mol. The van der Waals surface area contributed by atoms with Gasteiger partial charge in [-0.1, -0.05) is 78.9 Å². The Morgan fingerprint density at radius 2 is 1.59 bits per heavy atom. The van der Waals surface area contributed by atoms with Crippen LogP contribution in [0, 0.1) is 5.92 Å². The maximum absolute atomic E-state index is 13.1. The van der Waals surface area contributed by atoms with Crippen LogP contribution in [0.4, 0.5) is 0 Å². The van der Waals surface area contributed by atoms with Crippen molar-refractivity contribution in [1.82, 2.24) is 10.6 Å². The minimum atomic E-state index is -0.979. The van der Waals surface area contributed by atoms with Gasteiger partial charge in [0.1, 0.15) is 18.5 Å². The minimum absolute atomic E-state index is 0.0947. The van der Waals surface area contributed by atoms with Gasteiger partial charge in [-0.2, -0.15) is 0 Å². The van der Waals surface area contributed by atoms with Crippen LogP contribution in [-0.4, -0.2) is 54.4 Å². The van der Waals surface area contributed by atoms with Crippen molar-refractivity contribution >= 4 is 11.8 Å². The molecule has 218 valence electrons. The van der Waals surface area contributed by atoms with E-state index in [4.69, 9.17) is 9.47 Å². The van der Waals surface area contributed by atoms with Gasteiger partial charge in [0.25, 0.3) is 0 Å². The lowest BCUT2D eigenvalue weighted by atomic mass is 9.97. The molecule has 0 bridgehead atoms. The summed E-state index contributed by atoms with van der Waals surface area (Å²) in [4.78, 5) is 26.0. The van der Waals surface area contributed by atoms with Crippen molar-refractivity contribution in [2.75, 3.05) is 20.3 Å². The first kappa shape index (κ1) is 31.5. The predicted molar refractivity (Wildman–Crippen MR) is 158 cm³/mol. The van der Waals surface area contributed by atoms with Gasteiger partial charge >= 0.3 is 0 Å². The molecule has 8 nitrogen and oxygen atoms in total. The first-order chi connectivity index (χ1) is 19.9. The fourth-order valence-corrected chi connectivity index (χ4v) is 4.48. The van der Waals surface area contributed by atoms with Crippen LogP contribution < -0.4 is 15.4 Å². The lowest BCUT2D eigenvalue weighted by molar-refractivity contribution is -0.132. The average Bonchev–Trinajstić information content (AvgIpc) is 3.00. The number of nitrogens with one attached hydrogen (secondary N) is 2. The first-order valence-corrected chi connectivity index (χ1v) is 13.7. The van der Waals surface area contributed by atoms with Gasteiger partial charge in [0.15, 0.2) is 0 Å². The summed E-state index contributed by atoms with van der Waals surface area (Å²) in [6.07, 6.45) is 1.20. The Morgan fingerprint density at radius 1 is 0.927 bits per heavy atom. The summed E-state index contributed by atoms with van der Waals surface area (Å²) in [6.45, 7) is 4.03. The number of benzene rings is 3. The smallest absolute Gasteiger partial charge is 0.224 e. The van der Waals surface area contributed by atoms with E-state index in [0.29, 0.717) is 18.6 Å². The molecule has 0 saturated carbocycles. The van der Waals surface area contributed by atoms with Gasteiger partial charge in [0.2, 0.25) is 11.8 Å². The van der Waals surface area contributed by atoms with Gasteiger partial charge in [-0.05, 0) is 41.7 Å². The number of carbonyl (C=O) groups excluding carboxylic acids is 2. The van der Waals surface area contributed by atoms with Crippen molar-refractivity contribution in [1.29, 1.82) is 0 Å². The number of aliphatic hydroxyl groups is 2. The molecule has 0 spiro atoms. The second-order valence-electron chi connectivity index (χ2n) is 9.92. The third-order valence-electron chi connectivity index (χ3n) is 6.69. The molecule has 4 atom stereocenters. The Balaban J connectivity index is 1.54. The van der Waals surface area contributed by atoms with E-state index in [1.54, 1.807) is 30.3 Å². The number of methoxy groups -OCH3 is 1. The lowest BCUT2D eigenvalue weighted by Gasteiger charge is -2.26. The highest BCUT2D eigenvalue weighted by molar-refractivity contribution is 5.86. The Bertz CT molecular complexity index is 1200. The second-order valence-corrected chi connectivity index (χ2v) is 9.92. The Kier molecular flexibility index (Phi) is 13.1. The van der Waals surface area contributed by atoms with Crippen LogP contribution in [0.5, 0.6) is 5.75 Å². The molecular weight excluding hydrogens is 520 g/mol.